The summed E-state index contributed by atoms with van der Waals surface area (Å²) in [6.07, 6.45) is 5.21. The number of halogens is 1. The van der Waals surface area contributed by atoms with Gasteiger partial charge in [-0.1, -0.05) is 37.8 Å². The molecule has 1 aliphatic rings. The molecule has 7 nitrogen and oxygen atoms in total. The average molecular weight is 482 g/mol. The summed E-state index contributed by atoms with van der Waals surface area (Å²) in [6.45, 7) is 4.25. The summed E-state index contributed by atoms with van der Waals surface area (Å²) in [5.41, 5.74) is -0.706. The Labute approximate surface area is 201 Å². The predicted octanol–water partition coefficient (Wildman–Crippen LogP) is 5.00. The van der Waals surface area contributed by atoms with Crippen molar-refractivity contribution in [2.24, 2.45) is 11.3 Å². The Morgan fingerprint density at radius 1 is 1.12 bits per heavy atom. The van der Waals surface area contributed by atoms with E-state index in [-0.39, 0.29) is 24.9 Å². The number of rotatable bonds is 14. The number of carboxylic acids is 1. The molecule has 2 atom stereocenters. The lowest BCUT2D eigenvalue weighted by atomic mass is 9.75. The largest absolute Gasteiger partial charge is 0.494 e. The van der Waals surface area contributed by atoms with E-state index in [9.17, 15) is 19.5 Å². The van der Waals surface area contributed by atoms with Crippen molar-refractivity contribution < 1.29 is 29.0 Å². The van der Waals surface area contributed by atoms with E-state index in [1.165, 1.54) is 0 Å². The van der Waals surface area contributed by atoms with Crippen LogP contribution < -0.4 is 10.1 Å². The first-order valence-corrected chi connectivity index (χ1v) is 12.2. The van der Waals surface area contributed by atoms with Crippen LogP contribution in [0.25, 0.3) is 0 Å². The third-order valence-corrected chi connectivity index (χ3v) is 6.52. The van der Waals surface area contributed by atoms with E-state index in [1.807, 2.05) is 6.92 Å². The molecule has 1 saturated carbocycles. The van der Waals surface area contributed by atoms with Crippen molar-refractivity contribution in [2.75, 3.05) is 13.2 Å². The number of carboxylic acid groups (broad SMARTS) is 1. The summed E-state index contributed by atoms with van der Waals surface area (Å²) in [4.78, 5) is 37.4. The van der Waals surface area contributed by atoms with Crippen molar-refractivity contribution in [3.05, 3.63) is 29.3 Å². The quantitative estimate of drug-likeness (QED) is 0.362. The second-order valence-corrected chi connectivity index (χ2v) is 9.22. The number of nitrogens with one attached hydrogen (secondary N) is 1. The fraction of sp³-hybridized carbons (Fsp3) is 0.640. The number of hydrogen-bond donors (Lipinski definition) is 2. The van der Waals surface area contributed by atoms with Crippen molar-refractivity contribution in [3.8, 4) is 5.75 Å². The molecule has 2 rings (SSSR count). The average Bonchev–Trinajstić information content (AvgIpc) is 3.25. The summed E-state index contributed by atoms with van der Waals surface area (Å²) in [7, 11) is 0. The normalized spacial score (nSPS) is 16.6. The van der Waals surface area contributed by atoms with Gasteiger partial charge >= 0.3 is 11.9 Å². The highest BCUT2D eigenvalue weighted by atomic mass is 35.5. The smallest absolute Gasteiger partial charge is 0.307 e. The van der Waals surface area contributed by atoms with Crippen LogP contribution >= 0.6 is 11.6 Å². The van der Waals surface area contributed by atoms with Gasteiger partial charge in [-0.05, 0) is 56.9 Å². The van der Waals surface area contributed by atoms with Crippen molar-refractivity contribution >= 4 is 29.4 Å². The Morgan fingerprint density at radius 3 is 2.36 bits per heavy atom. The maximum absolute atomic E-state index is 13.4. The molecule has 0 unspecified atom stereocenters. The van der Waals surface area contributed by atoms with Crippen LogP contribution in [-0.4, -0.2) is 42.2 Å². The van der Waals surface area contributed by atoms with Gasteiger partial charge in [0.25, 0.3) is 0 Å². The van der Waals surface area contributed by atoms with Crippen LogP contribution in [0.4, 0.5) is 0 Å². The van der Waals surface area contributed by atoms with Gasteiger partial charge in [-0.3, -0.25) is 14.4 Å². The summed E-state index contributed by atoms with van der Waals surface area (Å²) < 4.78 is 10.8. The number of ether oxygens (including phenoxy) is 2. The number of amides is 1. The lowest BCUT2D eigenvalue weighted by Crippen LogP contribution is -2.47. The lowest BCUT2D eigenvalue weighted by molar-refractivity contribution is -0.144. The molecule has 184 valence electrons. The van der Waals surface area contributed by atoms with Gasteiger partial charge in [-0.15, -0.1) is 0 Å². The van der Waals surface area contributed by atoms with Gasteiger partial charge in [0.05, 0.1) is 31.0 Å². The first-order valence-electron chi connectivity index (χ1n) is 11.9. The first-order chi connectivity index (χ1) is 15.8. The zero-order chi connectivity index (χ0) is 24.3. The van der Waals surface area contributed by atoms with Crippen molar-refractivity contribution in [1.82, 2.24) is 5.32 Å². The molecule has 0 saturated heterocycles. The van der Waals surface area contributed by atoms with Gasteiger partial charge in [0.1, 0.15) is 5.75 Å². The van der Waals surface area contributed by atoms with E-state index in [4.69, 9.17) is 21.1 Å². The third kappa shape index (κ3) is 8.54. The molecule has 0 radical (unpaired) electrons. The zero-order valence-electron chi connectivity index (χ0n) is 19.6. The van der Waals surface area contributed by atoms with Crippen molar-refractivity contribution in [1.29, 1.82) is 0 Å². The van der Waals surface area contributed by atoms with Crippen LogP contribution in [0, 0.1) is 11.3 Å². The van der Waals surface area contributed by atoms with Gasteiger partial charge in [-0.25, -0.2) is 0 Å². The maximum atomic E-state index is 13.4. The molecule has 8 heteroatoms. The standard InChI is InChI=1S/C25H36ClNO6/c1-3-7-18(23(29)30)17-25(13-5-6-14-25)24(31)27-20(16-22(28)32-4-2)12-15-33-21-10-8-19(26)9-11-21/h8-11,18,20H,3-7,12-17H2,1-2H3,(H,27,31)(H,29,30)/t18-,20+/m1/s1. The Balaban J connectivity index is 2.07. The SMILES string of the molecule is CCC[C@H](CC1(C(=O)N[C@@H](CCOc2ccc(Cl)cc2)CC(=O)OCC)CCCC1)C(=O)O. The Bertz CT molecular complexity index is 776. The molecule has 1 amide bonds. The first kappa shape index (κ1) is 27.0. The minimum Gasteiger partial charge on any atom is -0.494 e. The van der Waals surface area contributed by atoms with Crippen LogP contribution in [0.15, 0.2) is 24.3 Å². The van der Waals surface area contributed by atoms with Crippen LogP contribution in [0.1, 0.15) is 71.6 Å². The zero-order valence-corrected chi connectivity index (χ0v) is 20.4. The molecular formula is C25H36ClNO6. The van der Waals surface area contributed by atoms with Gasteiger partial charge < -0.3 is 19.9 Å². The van der Waals surface area contributed by atoms with E-state index in [2.05, 4.69) is 5.32 Å². The van der Waals surface area contributed by atoms with Crippen LogP contribution in [0.3, 0.4) is 0 Å². The molecule has 0 bridgehead atoms. The Hall–Kier alpha value is -2.28. The number of carbonyl (C=O) groups is 3. The number of hydrogen-bond acceptors (Lipinski definition) is 5. The van der Waals surface area contributed by atoms with Gasteiger partial charge in [0.2, 0.25) is 5.91 Å². The molecule has 1 aromatic rings. The Kier molecular flexibility index (Phi) is 11.0. The molecule has 1 fully saturated rings. The highest BCUT2D eigenvalue weighted by Gasteiger charge is 2.44. The molecule has 0 heterocycles. The van der Waals surface area contributed by atoms with Crippen molar-refractivity contribution in [3.63, 3.8) is 0 Å². The molecule has 33 heavy (non-hydrogen) atoms. The van der Waals surface area contributed by atoms with E-state index >= 15 is 0 Å². The number of esters is 1. The number of aliphatic carboxylic acids is 1. The van der Waals surface area contributed by atoms with Crippen LogP contribution in [0.2, 0.25) is 5.02 Å². The summed E-state index contributed by atoms with van der Waals surface area (Å²) >= 11 is 5.90. The highest BCUT2D eigenvalue weighted by Crippen LogP contribution is 2.44. The minimum atomic E-state index is -0.852. The summed E-state index contributed by atoms with van der Waals surface area (Å²) in [5.74, 6) is -1.30. The molecule has 0 aromatic heterocycles. The van der Waals surface area contributed by atoms with Crippen LogP contribution in [-0.2, 0) is 19.1 Å². The monoisotopic (exact) mass is 481 g/mol. The van der Waals surface area contributed by atoms with Crippen LogP contribution in [0.5, 0.6) is 5.75 Å². The van der Waals surface area contributed by atoms with Gasteiger partial charge in [-0.2, -0.15) is 0 Å². The van der Waals surface area contributed by atoms with Gasteiger partial charge in [0, 0.05) is 17.5 Å². The molecule has 2 N–H and O–H groups in total. The topological polar surface area (TPSA) is 102 Å². The number of benzene rings is 1. The van der Waals surface area contributed by atoms with Crippen molar-refractivity contribution in [2.45, 2.75) is 77.7 Å². The van der Waals surface area contributed by atoms with E-state index < -0.39 is 23.3 Å². The lowest BCUT2D eigenvalue weighted by Gasteiger charge is -2.32. The van der Waals surface area contributed by atoms with Gasteiger partial charge in [0.15, 0.2) is 0 Å². The predicted molar refractivity (Wildman–Crippen MR) is 126 cm³/mol. The summed E-state index contributed by atoms with van der Waals surface area (Å²) in [5, 5.41) is 13.3. The highest BCUT2D eigenvalue weighted by molar-refractivity contribution is 6.30. The molecule has 0 spiro atoms. The fourth-order valence-corrected chi connectivity index (χ4v) is 4.67. The van der Waals surface area contributed by atoms with E-state index in [0.29, 0.717) is 49.5 Å². The number of carbonyl (C=O) groups excluding carboxylic acids is 2. The second kappa shape index (κ2) is 13.4. The molecule has 0 aliphatic heterocycles. The third-order valence-electron chi connectivity index (χ3n) is 6.27. The molecule has 1 aliphatic carbocycles. The summed E-state index contributed by atoms with van der Waals surface area (Å²) in [6, 6.07) is 6.51. The minimum absolute atomic E-state index is 0.0386. The second-order valence-electron chi connectivity index (χ2n) is 8.79. The Morgan fingerprint density at radius 2 is 1.79 bits per heavy atom. The fourth-order valence-electron chi connectivity index (χ4n) is 4.54. The molecule has 1 aromatic carbocycles. The maximum Gasteiger partial charge on any atom is 0.307 e. The molecular weight excluding hydrogens is 446 g/mol. The van der Waals surface area contributed by atoms with E-state index in [1.54, 1.807) is 31.2 Å². The van der Waals surface area contributed by atoms with E-state index in [0.717, 1.165) is 19.3 Å².